The molecule has 1 aliphatic heterocycles. The minimum absolute atomic E-state index is 0.0232. The molecule has 0 amide bonds. The quantitative estimate of drug-likeness (QED) is 0.792. The van der Waals surface area contributed by atoms with Gasteiger partial charge in [0.15, 0.2) is 0 Å². The van der Waals surface area contributed by atoms with Crippen LogP contribution in [0.5, 0.6) is 0 Å². The molecule has 0 unspecified atom stereocenters. The first-order valence-electron chi connectivity index (χ1n) is 10.1. The Morgan fingerprint density at radius 2 is 2.15 bits per heavy atom. The Bertz CT molecular complexity index is 572. The molecule has 0 spiro atoms. The van der Waals surface area contributed by atoms with E-state index in [1.807, 2.05) is 12.3 Å². The molecule has 144 valence electrons. The first-order valence-corrected chi connectivity index (χ1v) is 10.1. The fourth-order valence-electron chi connectivity index (χ4n) is 4.62. The van der Waals surface area contributed by atoms with E-state index in [-0.39, 0.29) is 11.4 Å². The van der Waals surface area contributed by atoms with Gasteiger partial charge in [0.1, 0.15) is 0 Å². The van der Waals surface area contributed by atoms with E-state index in [0.29, 0.717) is 12.0 Å². The van der Waals surface area contributed by atoms with Gasteiger partial charge in [0.2, 0.25) is 0 Å². The molecule has 1 aromatic heterocycles. The molecule has 1 aliphatic carbocycles. The SMILES string of the molecule is COC(=O)C1(CN[C@@H]2CCN(Cc3ccccn3)C[C@@H]2C)CCCCC1. The molecule has 1 saturated carbocycles. The molecule has 1 saturated heterocycles. The minimum Gasteiger partial charge on any atom is -0.469 e. The van der Waals surface area contributed by atoms with Crippen molar-refractivity contribution in [1.29, 1.82) is 0 Å². The lowest BCUT2D eigenvalue weighted by atomic mass is 9.73. The number of hydrogen-bond acceptors (Lipinski definition) is 5. The zero-order valence-electron chi connectivity index (χ0n) is 16.2. The number of carbonyl (C=O) groups excluding carboxylic acids is 1. The van der Waals surface area contributed by atoms with Crippen LogP contribution in [0.4, 0.5) is 0 Å². The summed E-state index contributed by atoms with van der Waals surface area (Å²) in [7, 11) is 1.53. The summed E-state index contributed by atoms with van der Waals surface area (Å²) in [5.41, 5.74) is 0.829. The van der Waals surface area contributed by atoms with Crippen LogP contribution < -0.4 is 5.32 Å². The average Bonchev–Trinajstić information content (AvgIpc) is 2.68. The highest BCUT2D eigenvalue weighted by Crippen LogP contribution is 2.37. The maximum Gasteiger partial charge on any atom is 0.313 e. The number of methoxy groups -OCH3 is 1. The number of hydrogen-bond donors (Lipinski definition) is 1. The van der Waals surface area contributed by atoms with Crippen molar-refractivity contribution < 1.29 is 9.53 Å². The number of esters is 1. The third-order valence-electron chi connectivity index (χ3n) is 6.23. The van der Waals surface area contributed by atoms with E-state index in [1.54, 1.807) is 0 Å². The standard InChI is InChI=1S/C21H33N3O2/c1-17-14-24(15-18-8-4-7-12-22-18)13-9-19(17)23-16-21(20(25)26-2)10-5-3-6-11-21/h4,7-8,12,17,19,23H,3,5-6,9-11,13-16H2,1-2H3/t17-,19+/m0/s1. The Morgan fingerprint density at radius 3 is 2.81 bits per heavy atom. The fraction of sp³-hybridized carbons (Fsp3) is 0.714. The molecule has 2 atom stereocenters. The lowest BCUT2D eigenvalue weighted by Crippen LogP contribution is -2.52. The monoisotopic (exact) mass is 359 g/mol. The molecule has 1 N–H and O–H groups in total. The third kappa shape index (κ3) is 4.63. The van der Waals surface area contributed by atoms with Crippen molar-refractivity contribution in [2.75, 3.05) is 26.7 Å². The molecule has 3 rings (SSSR count). The van der Waals surface area contributed by atoms with Gasteiger partial charge >= 0.3 is 5.97 Å². The summed E-state index contributed by atoms with van der Waals surface area (Å²) in [5, 5.41) is 3.74. The van der Waals surface area contributed by atoms with Crippen molar-refractivity contribution in [2.24, 2.45) is 11.3 Å². The zero-order chi connectivity index (χ0) is 18.4. The van der Waals surface area contributed by atoms with Crippen LogP contribution in [0.25, 0.3) is 0 Å². The van der Waals surface area contributed by atoms with E-state index < -0.39 is 0 Å². The van der Waals surface area contributed by atoms with E-state index >= 15 is 0 Å². The lowest BCUT2D eigenvalue weighted by Gasteiger charge is -2.40. The molecule has 5 heteroatoms. The van der Waals surface area contributed by atoms with Crippen LogP contribution in [-0.2, 0) is 16.1 Å². The first-order chi connectivity index (χ1) is 12.6. The molecule has 2 aliphatic rings. The molecule has 5 nitrogen and oxygen atoms in total. The van der Waals surface area contributed by atoms with Crippen LogP contribution in [0.1, 0.15) is 51.1 Å². The number of rotatable bonds is 6. The van der Waals surface area contributed by atoms with Crippen molar-refractivity contribution in [1.82, 2.24) is 15.2 Å². The van der Waals surface area contributed by atoms with Gasteiger partial charge in [-0.15, -0.1) is 0 Å². The first kappa shape index (κ1) is 19.3. The van der Waals surface area contributed by atoms with Crippen LogP contribution in [0, 0.1) is 11.3 Å². The average molecular weight is 360 g/mol. The number of piperidine rings is 1. The largest absolute Gasteiger partial charge is 0.469 e. The van der Waals surface area contributed by atoms with Gasteiger partial charge in [0, 0.05) is 38.4 Å². The van der Waals surface area contributed by atoms with Crippen LogP contribution in [0.15, 0.2) is 24.4 Å². The second-order valence-corrected chi connectivity index (χ2v) is 8.14. The maximum absolute atomic E-state index is 12.4. The molecule has 2 heterocycles. The van der Waals surface area contributed by atoms with Gasteiger partial charge in [-0.2, -0.15) is 0 Å². The van der Waals surface area contributed by atoms with Gasteiger partial charge in [-0.3, -0.25) is 14.7 Å². The number of pyridine rings is 1. The predicted molar refractivity (Wildman–Crippen MR) is 103 cm³/mol. The predicted octanol–water partition coefficient (Wildman–Crippen LogP) is 3.01. The Hall–Kier alpha value is -1.46. The molecular formula is C21H33N3O2. The van der Waals surface area contributed by atoms with Crippen LogP contribution in [-0.4, -0.2) is 48.6 Å². The molecule has 26 heavy (non-hydrogen) atoms. The van der Waals surface area contributed by atoms with E-state index in [9.17, 15) is 4.79 Å². The lowest BCUT2D eigenvalue weighted by molar-refractivity contribution is -0.154. The van der Waals surface area contributed by atoms with Gasteiger partial charge in [-0.1, -0.05) is 32.3 Å². The normalized spacial score (nSPS) is 26.4. The number of carbonyl (C=O) groups is 1. The molecule has 0 aromatic carbocycles. The number of likely N-dealkylation sites (tertiary alicyclic amines) is 1. The summed E-state index contributed by atoms with van der Waals surface area (Å²) in [6, 6.07) is 6.58. The topological polar surface area (TPSA) is 54.5 Å². The number of aromatic nitrogens is 1. The highest BCUT2D eigenvalue weighted by atomic mass is 16.5. The summed E-state index contributed by atoms with van der Waals surface area (Å²) in [6.07, 6.45) is 8.40. The van der Waals surface area contributed by atoms with Gasteiger partial charge in [0.05, 0.1) is 18.2 Å². The second-order valence-electron chi connectivity index (χ2n) is 8.14. The van der Waals surface area contributed by atoms with Gasteiger partial charge in [-0.25, -0.2) is 0 Å². The minimum atomic E-state index is -0.308. The van der Waals surface area contributed by atoms with Crippen molar-refractivity contribution >= 4 is 5.97 Å². The molecular weight excluding hydrogens is 326 g/mol. The molecule has 0 radical (unpaired) electrons. The van der Waals surface area contributed by atoms with Crippen LogP contribution in [0.2, 0.25) is 0 Å². The van der Waals surface area contributed by atoms with E-state index in [4.69, 9.17) is 4.74 Å². The van der Waals surface area contributed by atoms with Gasteiger partial charge in [-0.05, 0) is 37.3 Å². The van der Waals surface area contributed by atoms with Gasteiger partial charge in [0.25, 0.3) is 0 Å². The highest BCUT2D eigenvalue weighted by Gasteiger charge is 2.41. The number of nitrogens with one attached hydrogen (secondary N) is 1. The van der Waals surface area contributed by atoms with E-state index in [0.717, 1.165) is 64.0 Å². The summed E-state index contributed by atoms with van der Waals surface area (Å²) < 4.78 is 5.15. The smallest absolute Gasteiger partial charge is 0.313 e. The fourth-order valence-corrected chi connectivity index (χ4v) is 4.62. The summed E-state index contributed by atoms with van der Waals surface area (Å²) in [5.74, 6) is 0.538. The van der Waals surface area contributed by atoms with Crippen molar-refractivity contribution in [2.45, 2.75) is 58.0 Å². The van der Waals surface area contributed by atoms with Gasteiger partial charge < -0.3 is 10.1 Å². The van der Waals surface area contributed by atoms with Crippen LogP contribution >= 0.6 is 0 Å². The Labute approximate surface area is 157 Å². The van der Waals surface area contributed by atoms with E-state index in [1.165, 1.54) is 13.5 Å². The maximum atomic E-state index is 12.4. The Morgan fingerprint density at radius 1 is 1.35 bits per heavy atom. The summed E-state index contributed by atoms with van der Waals surface area (Å²) in [4.78, 5) is 19.4. The molecule has 0 bridgehead atoms. The van der Waals surface area contributed by atoms with Crippen molar-refractivity contribution in [3.05, 3.63) is 30.1 Å². The Kier molecular flexibility index (Phi) is 6.65. The molecule has 2 fully saturated rings. The number of nitrogens with zero attached hydrogens (tertiary/aromatic N) is 2. The third-order valence-corrected chi connectivity index (χ3v) is 6.23. The Balaban J connectivity index is 1.52. The van der Waals surface area contributed by atoms with Crippen molar-refractivity contribution in [3.63, 3.8) is 0 Å². The summed E-state index contributed by atoms with van der Waals surface area (Å²) >= 11 is 0. The summed E-state index contributed by atoms with van der Waals surface area (Å²) in [6.45, 7) is 6.14. The zero-order valence-corrected chi connectivity index (χ0v) is 16.2. The number of ether oxygens (including phenoxy) is 1. The highest BCUT2D eigenvalue weighted by molar-refractivity contribution is 5.77. The molecule has 1 aromatic rings. The van der Waals surface area contributed by atoms with E-state index in [2.05, 4.69) is 34.3 Å². The second kappa shape index (κ2) is 8.96. The van der Waals surface area contributed by atoms with Crippen molar-refractivity contribution in [3.8, 4) is 0 Å². The van der Waals surface area contributed by atoms with Crippen LogP contribution in [0.3, 0.4) is 0 Å².